The molecule has 2 rings (SSSR count). The second-order valence-corrected chi connectivity index (χ2v) is 18.7. The van der Waals surface area contributed by atoms with Gasteiger partial charge in [0.1, 0.15) is 0 Å². The molecule has 0 saturated heterocycles. The van der Waals surface area contributed by atoms with E-state index in [0.717, 1.165) is 12.8 Å². The molecular formula is C46H76. The predicted octanol–water partition coefficient (Wildman–Crippen LogP) is 15.1. The van der Waals surface area contributed by atoms with Crippen LogP contribution in [0.15, 0.2) is 84.5 Å². The molecular weight excluding hydrogens is 553 g/mol. The van der Waals surface area contributed by atoms with E-state index < -0.39 is 0 Å². The molecule has 3 unspecified atom stereocenters. The van der Waals surface area contributed by atoms with E-state index >= 15 is 0 Å². The highest BCUT2D eigenvalue weighted by molar-refractivity contribution is 5.27. The number of allylic oxidation sites excluding steroid dienone is 4. The Morgan fingerprint density at radius 2 is 0.935 bits per heavy atom. The van der Waals surface area contributed by atoms with Crippen molar-refractivity contribution in [3.63, 3.8) is 0 Å². The Bertz CT molecular complexity index is 1200. The van der Waals surface area contributed by atoms with E-state index in [9.17, 15) is 0 Å². The minimum atomic E-state index is 0.0539. The largest absolute Gasteiger partial charge is 0.0877 e. The average Bonchev–Trinajstić information content (AvgIpc) is 2.96. The standard InChI is InChI=1S/C44H70.C2H6/c1-17-18-25-33(2)36(40(6,7)8)31-41(9,10)44(15,16)38(35-28-23-20-24-29-35)32-42(11,12)43(13,14)37(30-39(3,4)5)34-26-21-19-22-27-34;1-2/h17-29,36-38H,30-32H2,1-16H3;1-2H3/b18-17-,33-25+;. The molecule has 0 spiro atoms. The van der Waals surface area contributed by atoms with Crippen molar-refractivity contribution < 1.29 is 0 Å². The van der Waals surface area contributed by atoms with Crippen LogP contribution in [0.1, 0.15) is 167 Å². The molecule has 0 aliphatic rings. The highest BCUT2D eigenvalue weighted by Gasteiger charge is 2.51. The third-order valence-corrected chi connectivity index (χ3v) is 12.0. The molecule has 0 bridgehead atoms. The molecule has 0 saturated carbocycles. The topological polar surface area (TPSA) is 0 Å². The summed E-state index contributed by atoms with van der Waals surface area (Å²) in [6.45, 7) is 43.4. The first kappa shape index (κ1) is 41.9. The van der Waals surface area contributed by atoms with Gasteiger partial charge in [-0.25, -0.2) is 0 Å². The van der Waals surface area contributed by atoms with E-state index in [1.54, 1.807) is 0 Å². The summed E-state index contributed by atoms with van der Waals surface area (Å²) in [5.74, 6) is 1.39. The zero-order chi connectivity index (χ0) is 35.8. The van der Waals surface area contributed by atoms with Crippen LogP contribution in [0.25, 0.3) is 0 Å². The van der Waals surface area contributed by atoms with E-state index in [4.69, 9.17) is 0 Å². The van der Waals surface area contributed by atoms with Crippen LogP contribution in [0, 0.1) is 38.4 Å². The van der Waals surface area contributed by atoms with Crippen molar-refractivity contribution >= 4 is 0 Å². The van der Waals surface area contributed by atoms with Gasteiger partial charge in [0.25, 0.3) is 0 Å². The summed E-state index contributed by atoms with van der Waals surface area (Å²) in [5.41, 5.74) is 5.20. The van der Waals surface area contributed by atoms with Gasteiger partial charge in [-0.05, 0) is 94.5 Å². The van der Waals surface area contributed by atoms with Crippen LogP contribution in [-0.4, -0.2) is 0 Å². The first-order valence-electron chi connectivity index (χ1n) is 18.4. The molecule has 0 aromatic heterocycles. The zero-order valence-electron chi connectivity index (χ0n) is 33.9. The van der Waals surface area contributed by atoms with Crippen LogP contribution in [0.2, 0.25) is 0 Å². The quantitative estimate of drug-likeness (QED) is 0.194. The molecule has 0 heteroatoms. The van der Waals surface area contributed by atoms with Crippen LogP contribution in [0.5, 0.6) is 0 Å². The maximum Gasteiger partial charge on any atom is -0.0100 e. The fourth-order valence-corrected chi connectivity index (χ4v) is 7.57. The van der Waals surface area contributed by atoms with Gasteiger partial charge in [0, 0.05) is 0 Å². The van der Waals surface area contributed by atoms with Gasteiger partial charge < -0.3 is 0 Å². The zero-order valence-corrected chi connectivity index (χ0v) is 33.9. The number of rotatable bonds is 13. The molecule has 0 aliphatic carbocycles. The number of hydrogen-bond donors (Lipinski definition) is 0. The third-order valence-electron chi connectivity index (χ3n) is 12.0. The van der Waals surface area contributed by atoms with Gasteiger partial charge in [0.15, 0.2) is 0 Å². The van der Waals surface area contributed by atoms with Crippen molar-refractivity contribution in [1.29, 1.82) is 0 Å². The molecule has 0 amide bonds. The van der Waals surface area contributed by atoms with Gasteiger partial charge in [0.05, 0.1) is 0 Å². The smallest absolute Gasteiger partial charge is 0.0100 e. The summed E-state index contributed by atoms with van der Waals surface area (Å²) < 4.78 is 0. The van der Waals surface area contributed by atoms with Crippen molar-refractivity contribution in [3.05, 3.63) is 95.6 Å². The summed E-state index contributed by atoms with van der Waals surface area (Å²) in [7, 11) is 0. The Labute approximate surface area is 289 Å². The molecule has 0 radical (unpaired) electrons. The van der Waals surface area contributed by atoms with Gasteiger partial charge in [-0.1, -0.05) is 195 Å². The SMILES string of the molecule is C/C=C\C=C(/C)C(CC(C)(C)C(C)(C)C(CC(C)(C)C(C)(C)C(CC(C)(C)C)c1ccccc1)c1ccccc1)C(C)(C)C.CC. The van der Waals surface area contributed by atoms with Gasteiger partial charge in [-0.2, -0.15) is 0 Å². The van der Waals surface area contributed by atoms with E-state index in [1.165, 1.54) is 23.1 Å². The Kier molecular flexibility index (Phi) is 14.9. The van der Waals surface area contributed by atoms with Crippen molar-refractivity contribution in [2.75, 3.05) is 0 Å². The van der Waals surface area contributed by atoms with Crippen LogP contribution in [0.4, 0.5) is 0 Å². The van der Waals surface area contributed by atoms with Crippen molar-refractivity contribution in [3.8, 4) is 0 Å². The van der Waals surface area contributed by atoms with E-state index in [-0.39, 0.29) is 32.5 Å². The molecule has 2 aromatic carbocycles. The maximum atomic E-state index is 2.57. The van der Waals surface area contributed by atoms with Crippen LogP contribution < -0.4 is 0 Å². The summed E-state index contributed by atoms with van der Waals surface area (Å²) in [4.78, 5) is 0. The number of benzene rings is 2. The van der Waals surface area contributed by atoms with Crippen molar-refractivity contribution in [1.82, 2.24) is 0 Å². The van der Waals surface area contributed by atoms with E-state index in [2.05, 4.69) is 190 Å². The monoisotopic (exact) mass is 629 g/mol. The van der Waals surface area contributed by atoms with E-state index in [1.807, 2.05) is 13.8 Å². The van der Waals surface area contributed by atoms with Gasteiger partial charge in [0.2, 0.25) is 0 Å². The minimum absolute atomic E-state index is 0.0539. The van der Waals surface area contributed by atoms with Crippen LogP contribution in [-0.2, 0) is 0 Å². The number of hydrogen-bond acceptors (Lipinski definition) is 0. The lowest BCUT2D eigenvalue weighted by molar-refractivity contribution is -0.0125. The van der Waals surface area contributed by atoms with Gasteiger partial charge >= 0.3 is 0 Å². The summed E-state index contributed by atoms with van der Waals surface area (Å²) in [6.07, 6.45) is 10.2. The molecule has 260 valence electrons. The molecule has 0 heterocycles. The summed E-state index contributed by atoms with van der Waals surface area (Å²) in [5, 5.41) is 0. The lowest BCUT2D eigenvalue weighted by atomic mass is 9.49. The molecule has 46 heavy (non-hydrogen) atoms. The lowest BCUT2D eigenvalue weighted by Gasteiger charge is -2.55. The first-order valence-corrected chi connectivity index (χ1v) is 18.4. The molecule has 0 aliphatic heterocycles. The minimum Gasteiger partial charge on any atom is -0.0877 e. The first-order chi connectivity index (χ1) is 21.0. The average molecular weight is 629 g/mol. The fraction of sp³-hybridized carbons (Fsp3) is 0.652. The molecule has 0 fully saturated rings. The summed E-state index contributed by atoms with van der Waals surface area (Å²) in [6, 6.07) is 22.8. The van der Waals surface area contributed by atoms with Crippen molar-refractivity contribution in [2.24, 2.45) is 38.4 Å². The molecule has 3 atom stereocenters. The third kappa shape index (κ3) is 10.7. The lowest BCUT2D eigenvalue weighted by Crippen LogP contribution is -2.46. The second-order valence-electron chi connectivity index (χ2n) is 18.7. The Morgan fingerprint density at radius 1 is 0.565 bits per heavy atom. The summed E-state index contributed by atoms with van der Waals surface area (Å²) >= 11 is 0. The Hall–Kier alpha value is -2.08. The Morgan fingerprint density at radius 3 is 1.28 bits per heavy atom. The maximum absolute atomic E-state index is 2.57. The second kappa shape index (κ2) is 16.3. The van der Waals surface area contributed by atoms with Crippen LogP contribution >= 0.6 is 0 Å². The van der Waals surface area contributed by atoms with Gasteiger partial charge in [-0.3, -0.25) is 0 Å². The highest BCUT2D eigenvalue weighted by Crippen LogP contribution is 2.61. The Balaban J connectivity index is 0.00000518. The van der Waals surface area contributed by atoms with Gasteiger partial charge in [-0.15, -0.1) is 0 Å². The van der Waals surface area contributed by atoms with Crippen LogP contribution in [0.3, 0.4) is 0 Å². The van der Waals surface area contributed by atoms with E-state index in [0.29, 0.717) is 17.8 Å². The molecule has 0 N–H and O–H groups in total. The molecule has 2 aromatic rings. The predicted molar refractivity (Wildman–Crippen MR) is 210 cm³/mol. The highest BCUT2D eigenvalue weighted by atomic mass is 14.6. The normalized spacial score (nSPS) is 16.1. The van der Waals surface area contributed by atoms with Crippen molar-refractivity contribution in [2.45, 2.75) is 156 Å². The molecule has 0 nitrogen and oxygen atoms in total. The fourth-order valence-electron chi connectivity index (χ4n) is 7.57.